The molecule has 82 valence electrons. The van der Waals surface area contributed by atoms with Crippen LogP contribution < -0.4 is 11.3 Å². The fourth-order valence-corrected chi connectivity index (χ4v) is 2.17. The number of nitrogens with two attached hydrogens (primary N) is 1. The van der Waals surface area contributed by atoms with Gasteiger partial charge in [0.15, 0.2) is 0 Å². The van der Waals surface area contributed by atoms with E-state index in [1.165, 1.54) is 12.5 Å². The molecule has 1 atom stereocenters. The van der Waals surface area contributed by atoms with Gasteiger partial charge >= 0.3 is 0 Å². The molecule has 1 unspecified atom stereocenters. The third kappa shape index (κ3) is 2.14. The van der Waals surface area contributed by atoms with Crippen molar-refractivity contribution in [2.24, 2.45) is 11.8 Å². The summed E-state index contributed by atoms with van der Waals surface area (Å²) >= 11 is 5.70. The van der Waals surface area contributed by atoms with Gasteiger partial charge in [-0.05, 0) is 30.9 Å². The number of hydrogen-bond acceptors (Lipinski definition) is 2. The molecule has 2 rings (SSSR count). The van der Waals surface area contributed by atoms with Gasteiger partial charge in [-0.1, -0.05) is 24.1 Å². The molecule has 1 saturated carbocycles. The van der Waals surface area contributed by atoms with Crippen molar-refractivity contribution < 1.29 is 4.39 Å². The van der Waals surface area contributed by atoms with Crippen LogP contribution in [-0.4, -0.2) is 0 Å². The lowest BCUT2D eigenvalue weighted by atomic mass is 9.77. The lowest BCUT2D eigenvalue weighted by Crippen LogP contribution is -2.36. The largest absolute Gasteiger partial charge is 0.271 e. The minimum Gasteiger partial charge on any atom is -0.271 e. The second kappa shape index (κ2) is 4.47. The van der Waals surface area contributed by atoms with Crippen LogP contribution in [0, 0.1) is 11.7 Å². The predicted molar refractivity (Wildman–Crippen MR) is 58.8 cm³/mol. The van der Waals surface area contributed by atoms with Crippen molar-refractivity contribution in [3.8, 4) is 0 Å². The molecule has 0 saturated heterocycles. The number of halogens is 2. The van der Waals surface area contributed by atoms with Gasteiger partial charge in [-0.2, -0.15) is 0 Å². The molecule has 3 N–H and O–H groups in total. The first kappa shape index (κ1) is 10.9. The van der Waals surface area contributed by atoms with Crippen molar-refractivity contribution in [2.75, 3.05) is 0 Å². The van der Waals surface area contributed by atoms with Crippen LogP contribution in [0.3, 0.4) is 0 Å². The molecule has 0 bridgehead atoms. The highest BCUT2D eigenvalue weighted by Gasteiger charge is 2.29. The molecule has 1 aliphatic carbocycles. The quantitative estimate of drug-likeness (QED) is 0.617. The third-order valence-electron chi connectivity index (χ3n) is 3.10. The molecule has 0 heterocycles. The standard InChI is InChI=1S/C11H14ClFN2/c12-8-4-5-9(10(13)6-8)11(15-14)7-2-1-3-7/h4-7,11,15H,1-3,14H2. The van der Waals surface area contributed by atoms with E-state index in [2.05, 4.69) is 5.43 Å². The zero-order valence-electron chi connectivity index (χ0n) is 8.34. The fourth-order valence-electron chi connectivity index (χ4n) is 2.01. The SMILES string of the molecule is NNC(c1ccc(Cl)cc1F)C1CCC1. The fraction of sp³-hybridized carbons (Fsp3) is 0.455. The van der Waals surface area contributed by atoms with E-state index in [1.54, 1.807) is 12.1 Å². The lowest BCUT2D eigenvalue weighted by Gasteiger charge is -2.33. The zero-order valence-corrected chi connectivity index (χ0v) is 9.10. The van der Waals surface area contributed by atoms with E-state index in [9.17, 15) is 4.39 Å². The average Bonchev–Trinajstić information content (AvgIpc) is 2.12. The summed E-state index contributed by atoms with van der Waals surface area (Å²) in [7, 11) is 0. The Morgan fingerprint density at radius 2 is 2.20 bits per heavy atom. The van der Waals surface area contributed by atoms with E-state index < -0.39 is 0 Å². The molecule has 1 aromatic carbocycles. The second-order valence-electron chi connectivity index (χ2n) is 4.00. The monoisotopic (exact) mass is 228 g/mol. The highest BCUT2D eigenvalue weighted by molar-refractivity contribution is 6.30. The van der Waals surface area contributed by atoms with Crippen molar-refractivity contribution >= 4 is 11.6 Å². The maximum absolute atomic E-state index is 13.6. The van der Waals surface area contributed by atoms with E-state index in [0.29, 0.717) is 16.5 Å². The van der Waals surface area contributed by atoms with Crippen LogP contribution in [0.2, 0.25) is 5.02 Å². The van der Waals surface area contributed by atoms with Gasteiger partial charge in [-0.3, -0.25) is 11.3 Å². The van der Waals surface area contributed by atoms with E-state index in [-0.39, 0.29) is 11.9 Å². The van der Waals surface area contributed by atoms with E-state index in [4.69, 9.17) is 17.4 Å². The zero-order chi connectivity index (χ0) is 10.8. The molecule has 15 heavy (non-hydrogen) atoms. The third-order valence-corrected chi connectivity index (χ3v) is 3.33. The average molecular weight is 229 g/mol. The van der Waals surface area contributed by atoms with Gasteiger partial charge in [-0.25, -0.2) is 4.39 Å². The Morgan fingerprint density at radius 1 is 1.47 bits per heavy atom. The topological polar surface area (TPSA) is 38.0 Å². The smallest absolute Gasteiger partial charge is 0.129 e. The molecule has 0 radical (unpaired) electrons. The Bertz CT molecular complexity index is 352. The normalized spacial score (nSPS) is 18.6. The van der Waals surface area contributed by atoms with Crippen molar-refractivity contribution in [3.05, 3.63) is 34.6 Å². The summed E-state index contributed by atoms with van der Waals surface area (Å²) in [5, 5.41) is 0.417. The van der Waals surface area contributed by atoms with E-state index in [1.807, 2.05) is 0 Å². The number of hydrogen-bond donors (Lipinski definition) is 2. The molecule has 4 heteroatoms. The Hall–Kier alpha value is -0.640. The maximum Gasteiger partial charge on any atom is 0.129 e. The summed E-state index contributed by atoms with van der Waals surface area (Å²) in [6.07, 6.45) is 3.42. The first-order valence-corrected chi connectivity index (χ1v) is 5.51. The Morgan fingerprint density at radius 3 is 2.67 bits per heavy atom. The van der Waals surface area contributed by atoms with Crippen molar-refractivity contribution in [3.63, 3.8) is 0 Å². The van der Waals surface area contributed by atoms with Crippen molar-refractivity contribution in [1.29, 1.82) is 0 Å². The number of benzene rings is 1. The molecule has 2 nitrogen and oxygen atoms in total. The molecule has 0 aliphatic heterocycles. The van der Waals surface area contributed by atoms with Crippen LogP contribution >= 0.6 is 11.6 Å². The van der Waals surface area contributed by atoms with Crippen molar-refractivity contribution in [1.82, 2.24) is 5.43 Å². The van der Waals surface area contributed by atoms with Gasteiger partial charge in [0.25, 0.3) is 0 Å². The predicted octanol–water partition coefficient (Wildman–Crippen LogP) is 2.78. The molecule has 1 fully saturated rings. The van der Waals surface area contributed by atoms with Crippen LogP contribution in [0.15, 0.2) is 18.2 Å². The second-order valence-corrected chi connectivity index (χ2v) is 4.44. The Labute approximate surface area is 93.6 Å². The maximum atomic E-state index is 13.6. The van der Waals surface area contributed by atoms with Crippen molar-refractivity contribution in [2.45, 2.75) is 25.3 Å². The first-order chi connectivity index (χ1) is 7.22. The van der Waals surface area contributed by atoms with Gasteiger partial charge in [-0.15, -0.1) is 0 Å². The highest BCUT2D eigenvalue weighted by Crippen LogP contribution is 2.38. The van der Waals surface area contributed by atoms with Crippen LogP contribution in [0.5, 0.6) is 0 Å². The van der Waals surface area contributed by atoms with E-state index >= 15 is 0 Å². The summed E-state index contributed by atoms with van der Waals surface area (Å²) in [6, 6.07) is 4.65. The van der Waals surface area contributed by atoms with Gasteiger partial charge in [0, 0.05) is 10.6 Å². The molecule has 0 aromatic heterocycles. The van der Waals surface area contributed by atoms with Gasteiger partial charge < -0.3 is 0 Å². The minimum absolute atomic E-state index is 0.0870. The minimum atomic E-state index is -0.280. The summed E-state index contributed by atoms with van der Waals surface area (Å²) in [5.74, 6) is 5.64. The summed E-state index contributed by atoms with van der Waals surface area (Å²) in [6.45, 7) is 0. The van der Waals surface area contributed by atoms with Crippen LogP contribution in [0.25, 0.3) is 0 Å². The van der Waals surface area contributed by atoms with Crippen LogP contribution in [0.4, 0.5) is 4.39 Å². The molecule has 1 aliphatic rings. The molecule has 0 amide bonds. The Balaban J connectivity index is 2.25. The molecule has 1 aromatic rings. The number of nitrogens with one attached hydrogen (secondary N) is 1. The molecular formula is C11H14ClFN2. The van der Waals surface area contributed by atoms with Crippen LogP contribution in [0.1, 0.15) is 30.9 Å². The highest BCUT2D eigenvalue weighted by atomic mass is 35.5. The van der Waals surface area contributed by atoms with Gasteiger partial charge in [0.1, 0.15) is 5.82 Å². The first-order valence-electron chi connectivity index (χ1n) is 5.13. The van der Waals surface area contributed by atoms with Gasteiger partial charge in [0.2, 0.25) is 0 Å². The summed E-state index contributed by atoms with van der Waals surface area (Å²) < 4.78 is 13.6. The summed E-state index contributed by atoms with van der Waals surface area (Å²) in [4.78, 5) is 0. The number of hydrazine groups is 1. The van der Waals surface area contributed by atoms with E-state index in [0.717, 1.165) is 12.8 Å². The molecule has 0 spiro atoms. The summed E-state index contributed by atoms with van der Waals surface area (Å²) in [5.41, 5.74) is 3.31. The molecular weight excluding hydrogens is 215 g/mol. The van der Waals surface area contributed by atoms with Gasteiger partial charge in [0.05, 0.1) is 6.04 Å². The van der Waals surface area contributed by atoms with Crippen LogP contribution in [-0.2, 0) is 0 Å². The lowest BCUT2D eigenvalue weighted by molar-refractivity contribution is 0.228. The Kier molecular flexibility index (Phi) is 3.24. The number of rotatable bonds is 3.